The van der Waals surface area contributed by atoms with E-state index in [1.54, 1.807) is 0 Å². The molecule has 0 spiro atoms. The van der Waals surface area contributed by atoms with Gasteiger partial charge in [0.2, 0.25) is 0 Å². The minimum absolute atomic E-state index is 0.500. The maximum atomic E-state index is 8.56. The molecule has 0 aliphatic heterocycles. The lowest BCUT2D eigenvalue weighted by molar-refractivity contribution is 0.834. The van der Waals surface area contributed by atoms with E-state index >= 15 is 0 Å². The van der Waals surface area contributed by atoms with Gasteiger partial charge in [0.15, 0.2) is 0 Å². The van der Waals surface area contributed by atoms with Gasteiger partial charge in [-0.05, 0) is 17.7 Å². The Kier molecular flexibility index (Phi) is 3.49. The Morgan fingerprint density at radius 1 is 1.15 bits per heavy atom. The standard InChI is InChI=1S/C10H7BrN2/c11-10-3-1-8(2-4-10)5-9(6-12)7-13/h1-4,9H,5H2. The van der Waals surface area contributed by atoms with Gasteiger partial charge in [-0.1, -0.05) is 28.1 Å². The summed E-state index contributed by atoms with van der Waals surface area (Å²) in [7, 11) is 0. The molecule has 1 rings (SSSR count). The first-order valence-electron chi connectivity index (χ1n) is 3.80. The van der Waals surface area contributed by atoms with E-state index in [2.05, 4.69) is 15.9 Å². The zero-order valence-electron chi connectivity index (χ0n) is 6.87. The molecule has 0 heterocycles. The third kappa shape index (κ3) is 2.89. The van der Waals surface area contributed by atoms with Crippen molar-refractivity contribution >= 4 is 15.9 Å². The van der Waals surface area contributed by atoms with Crippen molar-refractivity contribution in [2.45, 2.75) is 6.42 Å². The smallest absolute Gasteiger partial charge is 0.137 e. The van der Waals surface area contributed by atoms with Crippen LogP contribution in [0.2, 0.25) is 0 Å². The number of nitriles is 2. The van der Waals surface area contributed by atoms with Gasteiger partial charge in [0, 0.05) is 10.9 Å². The predicted octanol–water partition coefficient (Wildman–Crippen LogP) is 2.65. The van der Waals surface area contributed by atoms with Crippen LogP contribution in [0.25, 0.3) is 0 Å². The fraction of sp³-hybridized carbons (Fsp3) is 0.200. The maximum Gasteiger partial charge on any atom is 0.137 e. The summed E-state index contributed by atoms with van der Waals surface area (Å²) in [5.74, 6) is -0.541. The van der Waals surface area contributed by atoms with Crippen LogP contribution >= 0.6 is 15.9 Å². The molecule has 1 aromatic carbocycles. The highest BCUT2D eigenvalue weighted by Gasteiger charge is 2.05. The van der Waals surface area contributed by atoms with Gasteiger partial charge < -0.3 is 0 Å². The highest BCUT2D eigenvalue weighted by molar-refractivity contribution is 9.10. The Balaban J connectivity index is 2.71. The van der Waals surface area contributed by atoms with Crippen LogP contribution in [0, 0.1) is 28.6 Å². The van der Waals surface area contributed by atoms with E-state index in [0.29, 0.717) is 6.42 Å². The summed E-state index contributed by atoms with van der Waals surface area (Å²) in [6, 6.07) is 11.5. The molecule has 0 radical (unpaired) electrons. The Labute approximate surface area is 85.5 Å². The Hall–Kier alpha value is -1.32. The van der Waals surface area contributed by atoms with Crippen LogP contribution in [0.5, 0.6) is 0 Å². The van der Waals surface area contributed by atoms with Gasteiger partial charge in [-0.15, -0.1) is 0 Å². The molecule has 3 heteroatoms. The number of benzene rings is 1. The summed E-state index contributed by atoms with van der Waals surface area (Å²) in [5.41, 5.74) is 1.01. The second kappa shape index (κ2) is 4.64. The van der Waals surface area contributed by atoms with E-state index in [1.165, 1.54) is 0 Å². The topological polar surface area (TPSA) is 47.6 Å². The lowest BCUT2D eigenvalue weighted by atomic mass is 10.0. The molecule has 64 valence electrons. The zero-order valence-corrected chi connectivity index (χ0v) is 8.45. The molecule has 0 saturated heterocycles. The van der Waals surface area contributed by atoms with Gasteiger partial charge in [-0.3, -0.25) is 0 Å². The van der Waals surface area contributed by atoms with Crippen LogP contribution in [0.15, 0.2) is 28.7 Å². The molecule has 0 N–H and O–H groups in total. The number of hydrogen-bond acceptors (Lipinski definition) is 2. The van der Waals surface area contributed by atoms with E-state index in [4.69, 9.17) is 10.5 Å². The Morgan fingerprint density at radius 3 is 2.15 bits per heavy atom. The number of halogens is 1. The third-order valence-corrected chi connectivity index (χ3v) is 2.19. The number of rotatable bonds is 2. The summed E-state index contributed by atoms with van der Waals surface area (Å²) < 4.78 is 1.00. The molecule has 2 nitrogen and oxygen atoms in total. The van der Waals surface area contributed by atoms with Crippen molar-refractivity contribution in [2.24, 2.45) is 5.92 Å². The van der Waals surface area contributed by atoms with Gasteiger partial charge in [0.25, 0.3) is 0 Å². The molecular formula is C10H7BrN2. The number of hydrogen-bond donors (Lipinski definition) is 0. The van der Waals surface area contributed by atoms with Crippen LogP contribution in [0.3, 0.4) is 0 Å². The van der Waals surface area contributed by atoms with Gasteiger partial charge in [-0.25, -0.2) is 0 Å². The van der Waals surface area contributed by atoms with Gasteiger partial charge >= 0.3 is 0 Å². The van der Waals surface area contributed by atoms with Crippen LogP contribution in [0.4, 0.5) is 0 Å². The molecule has 0 fully saturated rings. The quantitative estimate of drug-likeness (QED) is 0.790. The van der Waals surface area contributed by atoms with Crippen molar-refractivity contribution in [1.29, 1.82) is 10.5 Å². The highest BCUT2D eigenvalue weighted by atomic mass is 79.9. The normalized spacial score (nSPS) is 9.23. The van der Waals surface area contributed by atoms with Gasteiger partial charge in [0.05, 0.1) is 12.1 Å². The molecular weight excluding hydrogens is 228 g/mol. The van der Waals surface area contributed by atoms with E-state index in [1.807, 2.05) is 36.4 Å². The summed E-state index contributed by atoms with van der Waals surface area (Å²) in [4.78, 5) is 0. The summed E-state index contributed by atoms with van der Waals surface area (Å²) in [5, 5.41) is 17.1. The summed E-state index contributed by atoms with van der Waals surface area (Å²) in [6.07, 6.45) is 0.500. The minimum atomic E-state index is -0.541. The largest absolute Gasteiger partial charge is 0.197 e. The van der Waals surface area contributed by atoms with Crippen LogP contribution in [0.1, 0.15) is 5.56 Å². The monoisotopic (exact) mass is 234 g/mol. The van der Waals surface area contributed by atoms with Crippen molar-refractivity contribution in [3.8, 4) is 12.1 Å². The average Bonchev–Trinajstić information content (AvgIpc) is 2.17. The molecule has 0 bridgehead atoms. The fourth-order valence-corrected chi connectivity index (χ4v) is 1.24. The van der Waals surface area contributed by atoms with Crippen LogP contribution < -0.4 is 0 Å². The first-order chi connectivity index (χ1) is 6.26. The molecule has 0 amide bonds. The first kappa shape index (κ1) is 9.77. The van der Waals surface area contributed by atoms with Crippen molar-refractivity contribution < 1.29 is 0 Å². The molecule has 0 aliphatic carbocycles. The molecule has 0 aromatic heterocycles. The van der Waals surface area contributed by atoms with Crippen molar-refractivity contribution in [3.05, 3.63) is 34.3 Å². The third-order valence-electron chi connectivity index (χ3n) is 1.66. The maximum absolute atomic E-state index is 8.56. The lowest BCUT2D eigenvalue weighted by Crippen LogP contribution is -1.97. The lowest BCUT2D eigenvalue weighted by Gasteiger charge is -2.00. The Bertz CT molecular complexity index is 342. The number of nitrogens with zero attached hydrogens (tertiary/aromatic N) is 2. The van der Waals surface area contributed by atoms with Gasteiger partial charge in [0.1, 0.15) is 5.92 Å². The van der Waals surface area contributed by atoms with E-state index in [9.17, 15) is 0 Å². The predicted molar refractivity (Wildman–Crippen MR) is 52.6 cm³/mol. The first-order valence-corrected chi connectivity index (χ1v) is 4.59. The van der Waals surface area contributed by atoms with Crippen LogP contribution in [-0.2, 0) is 6.42 Å². The average molecular weight is 235 g/mol. The molecule has 0 atom stereocenters. The van der Waals surface area contributed by atoms with Gasteiger partial charge in [-0.2, -0.15) is 10.5 Å². The van der Waals surface area contributed by atoms with Crippen molar-refractivity contribution in [3.63, 3.8) is 0 Å². The minimum Gasteiger partial charge on any atom is -0.197 e. The highest BCUT2D eigenvalue weighted by Crippen LogP contribution is 2.13. The molecule has 0 aliphatic rings. The molecule has 13 heavy (non-hydrogen) atoms. The second-order valence-corrected chi connectivity index (χ2v) is 3.56. The molecule has 1 aromatic rings. The second-order valence-electron chi connectivity index (χ2n) is 2.64. The zero-order chi connectivity index (χ0) is 9.68. The molecule has 0 saturated carbocycles. The fourth-order valence-electron chi connectivity index (χ4n) is 0.976. The summed E-state index contributed by atoms with van der Waals surface area (Å²) in [6.45, 7) is 0. The van der Waals surface area contributed by atoms with E-state index in [0.717, 1.165) is 10.0 Å². The van der Waals surface area contributed by atoms with Crippen molar-refractivity contribution in [1.82, 2.24) is 0 Å². The summed E-state index contributed by atoms with van der Waals surface area (Å²) >= 11 is 3.32. The Morgan fingerprint density at radius 2 is 1.69 bits per heavy atom. The van der Waals surface area contributed by atoms with Crippen LogP contribution in [-0.4, -0.2) is 0 Å². The molecule has 0 unspecified atom stereocenters. The van der Waals surface area contributed by atoms with E-state index in [-0.39, 0.29) is 0 Å². The SMILES string of the molecule is N#CC(C#N)Cc1ccc(Br)cc1. The van der Waals surface area contributed by atoms with E-state index < -0.39 is 5.92 Å². The van der Waals surface area contributed by atoms with Crippen molar-refractivity contribution in [2.75, 3.05) is 0 Å².